The Kier molecular flexibility index (Phi) is 6.06. The first kappa shape index (κ1) is 20.2. The highest BCUT2D eigenvalue weighted by atomic mass is 16.5. The van der Waals surface area contributed by atoms with Gasteiger partial charge in [-0.1, -0.05) is 0 Å². The van der Waals surface area contributed by atoms with Crippen LogP contribution in [0.2, 0.25) is 0 Å². The molecular formula is C20H23N5O4. The molecule has 1 saturated heterocycles. The summed E-state index contributed by atoms with van der Waals surface area (Å²) in [5.41, 5.74) is 1.45. The number of carbonyl (C=O) groups is 3. The first-order chi connectivity index (χ1) is 13.9. The summed E-state index contributed by atoms with van der Waals surface area (Å²) >= 11 is 0. The molecule has 1 aliphatic heterocycles. The molecule has 1 N–H and O–H groups in total. The molecule has 0 atom stereocenters. The molecule has 0 aliphatic carbocycles. The van der Waals surface area contributed by atoms with Crippen LogP contribution in [0.4, 0.5) is 11.5 Å². The van der Waals surface area contributed by atoms with Crippen molar-refractivity contribution >= 4 is 29.3 Å². The summed E-state index contributed by atoms with van der Waals surface area (Å²) in [6.07, 6.45) is 0. The topological polar surface area (TPSA) is 105 Å². The van der Waals surface area contributed by atoms with E-state index >= 15 is 0 Å². The van der Waals surface area contributed by atoms with Crippen molar-refractivity contribution < 1.29 is 19.1 Å². The summed E-state index contributed by atoms with van der Waals surface area (Å²) in [5.74, 6) is 0.357. The van der Waals surface area contributed by atoms with Crippen LogP contribution in [-0.4, -0.2) is 70.8 Å². The van der Waals surface area contributed by atoms with Crippen LogP contribution in [0.5, 0.6) is 0 Å². The monoisotopic (exact) mass is 397 g/mol. The largest absolute Gasteiger partial charge is 0.465 e. The minimum absolute atomic E-state index is 0.0136. The van der Waals surface area contributed by atoms with Crippen LogP contribution in [0.25, 0.3) is 0 Å². The van der Waals surface area contributed by atoms with Crippen molar-refractivity contribution in [1.29, 1.82) is 0 Å². The van der Waals surface area contributed by atoms with E-state index in [-0.39, 0.29) is 11.8 Å². The Balaban J connectivity index is 1.72. The van der Waals surface area contributed by atoms with Crippen LogP contribution in [0.3, 0.4) is 0 Å². The first-order valence-corrected chi connectivity index (χ1v) is 9.23. The zero-order chi connectivity index (χ0) is 21.0. The summed E-state index contributed by atoms with van der Waals surface area (Å²) in [5, 5.41) is 3.12. The van der Waals surface area contributed by atoms with Crippen molar-refractivity contribution in [2.24, 2.45) is 0 Å². The van der Waals surface area contributed by atoms with Gasteiger partial charge < -0.3 is 19.9 Å². The third-order valence-electron chi connectivity index (χ3n) is 4.65. The molecule has 1 aliphatic rings. The Morgan fingerprint density at radius 1 is 1.00 bits per heavy atom. The summed E-state index contributed by atoms with van der Waals surface area (Å²) in [6, 6.07) is 8.34. The fraction of sp³-hybridized carbons (Fsp3) is 0.350. The molecule has 2 heterocycles. The Morgan fingerprint density at radius 2 is 1.62 bits per heavy atom. The summed E-state index contributed by atoms with van der Waals surface area (Å²) in [7, 11) is 1.33. The fourth-order valence-electron chi connectivity index (χ4n) is 3.08. The van der Waals surface area contributed by atoms with Gasteiger partial charge in [0.05, 0.1) is 12.7 Å². The van der Waals surface area contributed by atoms with Crippen molar-refractivity contribution in [3.63, 3.8) is 0 Å². The van der Waals surface area contributed by atoms with Gasteiger partial charge in [-0.3, -0.25) is 9.59 Å². The molecule has 0 bridgehead atoms. The molecule has 0 radical (unpaired) electrons. The number of benzene rings is 1. The predicted octanol–water partition coefficient (Wildman–Crippen LogP) is 1.62. The van der Waals surface area contributed by atoms with Crippen LogP contribution >= 0.6 is 0 Å². The van der Waals surface area contributed by atoms with Gasteiger partial charge in [0, 0.05) is 44.9 Å². The van der Waals surface area contributed by atoms with Crippen LogP contribution in [0, 0.1) is 6.92 Å². The van der Waals surface area contributed by atoms with Gasteiger partial charge in [-0.05, 0) is 31.2 Å². The molecule has 2 amide bonds. The number of nitrogens with zero attached hydrogens (tertiary/aromatic N) is 4. The van der Waals surface area contributed by atoms with Crippen LogP contribution in [0.1, 0.15) is 33.6 Å². The highest BCUT2D eigenvalue weighted by Crippen LogP contribution is 2.18. The quantitative estimate of drug-likeness (QED) is 0.782. The van der Waals surface area contributed by atoms with Crippen LogP contribution in [-0.2, 0) is 9.53 Å². The van der Waals surface area contributed by atoms with E-state index < -0.39 is 5.97 Å². The Hall–Kier alpha value is -3.49. The third-order valence-corrected chi connectivity index (χ3v) is 4.65. The summed E-state index contributed by atoms with van der Waals surface area (Å²) < 4.78 is 4.69. The average Bonchev–Trinajstić information content (AvgIpc) is 2.72. The van der Waals surface area contributed by atoms with E-state index in [1.807, 2.05) is 0 Å². The van der Waals surface area contributed by atoms with Gasteiger partial charge in [-0.15, -0.1) is 0 Å². The van der Waals surface area contributed by atoms with Crippen molar-refractivity contribution in [2.45, 2.75) is 13.8 Å². The van der Waals surface area contributed by atoms with Crippen molar-refractivity contribution in [2.75, 3.05) is 38.6 Å². The van der Waals surface area contributed by atoms with E-state index in [1.54, 1.807) is 47.1 Å². The number of methoxy groups -OCH3 is 1. The molecule has 3 rings (SSSR count). The summed E-state index contributed by atoms with van der Waals surface area (Å²) in [6.45, 7) is 5.22. The number of aromatic nitrogens is 2. The van der Waals surface area contributed by atoms with Gasteiger partial charge in [-0.2, -0.15) is 0 Å². The molecule has 9 heteroatoms. The van der Waals surface area contributed by atoms with Crippen LogP contribution in [0.15, 0.2) is 30.3 Å². The van der Waals surface area contributed by atoms with E-state index in [2.05, 4.69) is 20.0 Å². The van der Waals surface area contributed by atoms with Crippen LogP contribution < -0.4 is 5.32 Å². The highest BCUT2D eigenvalue weighted by molar-refractivity contribution is 5.93. The molecule has 1 fully saturated rings. The molecule has 9 nitrogen and oxygen atoms in total. The maximum Gasteiger partial charge on any atom is 0.337 e. The maximum atomic E-state index is 12.8. The minimum atomic E-state index is -0.410. The number of esters is 1. The number of rotatable bonds is 4. The lowest BCUT2D eigenvalue weighted by Gasteiger charge is -2.34. The molecule has 29 heavy (non-hydrogen) atoms. The second-order valence-electron chi connectivity index (χ2n) is 6.68. The maximum absolute atomic E-state index is 12.8. The number of hydrogen-bond donors (Lipinski definition) is 1. The van der Waals surface area contributed by atoms with Gasteiger partial charge in [-0.25, -0.2) is 14.8 Å². The van der Waals surface area contributed by atoms with Crippen molar-refractivity contribution in [3.8, 4) is 0 Å². The molecule has 1 aromatic carbocycles. The molecule has 0 unspecified atom stereocenters. The zero-order valence-corrected chi connectivity index (χ0v) is 16.6. The van der Waals surface area contributed by atoms with E-state index in [4.69, 9.17) is 0 Å². The van der Waals surface area contributed by atoms with E-state index in [9.17, 15) is 14.4 Å². The van der Waals surface area contributed by atoms with E-state index in [0.717, 1.165) is 0 Å². The average molecular weight is 397 g/mol. The van der Waals surface area contributed by atoms with Gasteiger partial charge in [0.15, 0.2) is 0 Å². The molecule has 1 aromatic heterocycles. The van der Waals surface area contributed by atoms with Crippen molar-refractivity contribution in [1.82, 2.24) is 19.8 Å². The Morgan fingerprint density at radius 3 is 2.21 bits per heavy atom. The third kappa shape index (κ3) is 4.87. The number of anilines is 2. The van der Waals surface area contributed by atoms with Gasteiger partial charge >= 0.3 is 5.97 Å². The normalized spacial score (nSPS) is 13.8. The standard InChI is InChI=1S/C20H23N5O4/c1-13-21-17(19(27)25-10-8-24(9-11-25)14(2)26)12-18(22-13)23-16-6-4-15(5-7-16)20(28)29-3/h4-7,12H,8-11H2,1-3H3,(H,21,22,23). The highest BCUT2D eigenvalue weighted by Gasteiger charge is 2.24. The first-order valence-electron chi connectivity index (χ1n) is 9.23. The van der Waals surface area contributed by atoms with E-state index in [0.29, 0.717) is 54.8 Å². The number of hydrogen-bond acceptors (Lipinski definition) is 7. The Bertz CT molecular complexity index is 921. The molecule has 152 valence electrons. The molecular weight excluding hydrogens is 374 g/mol. The lowest BCUT2D eigenvalue weighted by Crippen LogP contribution is -2.50. The van der Waals surface area contributed by atoms with Gasteiger partial charge in [0.2, 0.25) is 5.91 Å². The van der Waals surface area contributed by atoms with Gasteiger partial charge in [0.1, 0.15) is 17.3 Å². The minimum Gasteiger partial charge on any atom is -0.465 e. The number of aryl methyl sites for hydroxylation is 1. The SMILES string of the molecule is COC(=O)c1ccc(Nc2cc(C(=O)N3CCN(C(C)=O)CC3)nc(C)n2)cc1. The number of ether oxygens (including phenoxy) is 1. The fourth-order valence-corrected chi connectivity index (χ4v) is 3.08. The molecule has 0 saturated carbocycles. The zero-order valence-electron chi connectivity index (χ0n) is 16.6. The number of amides is 2. The number of carbonyl (C=O) groups excluding carboxylic acids is 3. The number of nitrogens with one attached hydrogen (secondary N) is 1. The molecule has 2 aromatic rings. The van der Waals surface area contributed by atoms with E-state index in [1.165, 1.54) is 14.0 Å². The smallest absolute Gasteiger partial charge is 0.337 e. The second kappa shape index (κ2) is 8.68. The number of piperazine rings is 1. The second-order valence-corrected chi connectivity index (χ2v) is 6.68. The summed E-state index contributed by atoms with van der Waals surface area (Å²) in [4.78, 5) is 47.8. The lowest BCUT2D eigenvalue weighted by molar-refractivity contribution is -0.130. The predicted molar refractivity (Wildman–Crippen MR) is 106 cm³/mol. The van der Waals surface area contributed by atoms with Gasteiger partial charge in [0.25, 0.3) is 5.91 Å². The lowest BCUT2D eigenvalue weighted by atomic mass is 10.2. The van der Waals surface area contributed by atoms with Crippen molar-refractivity contribution in [3.05, 3.63) is 47.4 Å². The Labute approximate surface area is 168 Å². The molecule has 0 spiro atoms.